The van der Waals surface area contributed by atoms with Gasteiger partial charge in [0.2, 0.25) is 5.13 Å². The fourth-order valence-electron chi connectivity index (χ4n) is 2.25. The summed E-state index contributed by atoms with van der Waals surface area (Å²) in [5, 5.41) is 21.2. The van der Waals surface area contributed by atoms with Gasteiger partial charge in [-0.05, 0) is 12.1 Å². The molecule has 4 rings (SSSR count). The number of fused-ring (bicyclic) bond motifs is 1. The van der Waals surface area contributed by atoms with Crippen molar-refractivity contribution in [3.05, 3.63) is 24.0 Å². The molecule has 8 nitrogen and oxygen atoms in total. The molecule has 0 aliphatic carbocycles. The average Bonchev–Trinajstić information content (AvgIpc) is 3.07. The molecule has 102 valence electrons. The monoisotopic (exact) mass is 288 g/mol. The molecule has 1 saturated heterocycles. The Balaban J connectivity index is 1.47. The molecule has 9 heteroatoms. The lowest BCUT2D eigenvalue weighted by atomic mass is 10.1. The van der Waals surface area contributed by atoms with Gasteiger partial charge in [0.15, 0.2) is 5.65 Å². The van der Waals surface area contributed by atoms with Crippen LogP contribution in [0.1, 0.15) is 0 Å². The van der Waals surface area contributed by atoms with Crippen molar-refractivity contribution in [3.63, 3.8) is 0 Å². The first-order chi connectivity index (χ1) is 9.81. The standard InChI is InChI=1S/C11H12N8S/c1-17(11-15-13-7-20-11)8-4-18(5-8)10-3-2-9-14-12-6-19(9)16-10/h2-3,6-8H,4-5H2,1H3. The Bertz CT molecular complexity index is 717. The minimum Gasteiger partial charge on any atom is -0.351 e. The van der Waals surface area contributed by atoms with Gasteiger partial charge in [-0.1, -0.05) is 11.3 Å². The van der Waals surface area contributed by atoms with Crippen LogP contribution in [0.15, 0.2) is 24.0 Å². The van der Waals surface area contributed by atoms with Crippen LogP contribution in [0.5, 0.6) is 0 Å². The Morgan fingerprint density at radius 1 is 1.25 bits per heavy atom. The van der Waals surface area contributed by atoms with E-state index in [0.29, 0.717) is 6.04 Å². The lowest BCUT2D eigenvalue weighted by molar-refractivity contribution is 0.488. The molecule has 1 fully saturated rings. The molecule has 1 aliphatic heterocycles. The van der Waals surface area contributed by atoms with Crippen LogP contribution in [0.25, 0.3) is 5.65 Å². The molecule has 4 heterocycles. The molecular weight excluding hydrogens is 276 g/mol. The van der Waals surface area contributed by atoms with Crippen molar-refractivity contribution in [2.75, 3.05) is 29.9 Å². The lowest BCUT2D eigenvalue weighted by Crippen LogP contribution is -2.59. The van der Waals surface area contributed by atoms with E-state index in [0.717, 1.165) is 29.7 Å². The van der Waals surface area contributed by atoms with Crippen molar-refractivity contribution < 1.29 is 0 Å². The third-order valence-corrected chi connectivity index (χ3v) is 4.31. The molecule has 0 atom stereocenters. The van der Waals surface area contributed by atoms with Gasteiger partial charge in [0.1, 0.15) is 17.7 Å². The summed E-state index contributed by atoms with van der Waals surface area (Å²) in [6.45, 7) is 1.85. The van der Waals surface area contributed by atoms with Gasteiger partial charge in [-0.3, -0.25) is 0 Å². The fourth-order valence-corrected chi connectivity index (χ4v) is 2.85. The second-order valence-corrected chi connectivity index (χ2v) is 5.53. The van der Waals surface area contributed by atoms with E-state index in [1.54, 1.807) is 27.7 Å². The first-order valence-electron chi connectivity index (χ1n) is 6.22. The van der Waals surface area contributed by atoms with E-state index in [-0.39, 0.29) is 0 Å². The summed E-state index contributed by atoms with van der Waals surface area (Å²) in [5.74, 6) is 0.944. The predicted molar refractivity (Wildman–Crippen MR) is 75.1 cm³/mol. The van der Waals surface area contributed by atoms with Crippen molar-refractivity contribution in [1.82, 2.24) is 30.0 Å². The second-order valence-electron chi connectivity index (χ2n) is 4.72. The smallest absolute Gasteiger partial charge is 0.208 e. The van der Waals surface area contributed by atoms with Crippen molar-refractivity contribution in [1.29, 1.82) is 0 Å². The zero-order valence-corrected chi connectivity index (χ0v) is 11.6. The van der Waals surface area contributed by atoms with E-state index in [1.807, 2.05) is 12.1 Å². The highest BCUT2D eigenvalue weighted by Gasteiger charge is 2.32. The van der Waals surface area contributed by atoms with Crippen LogP contribution in [0.3, 0.4) is 0 Å². The van der Waals surface area contributed by atoms with Crippen LogP contribution in [0, 0.1) is 0 Å². The molecule has 1 aliphatic rings. The van der Waals surface area contributed by atoms with Crippen LogP contribution in [0.4, 0.5) is 10.9 Å². The molecule has 20 heavy (non-hydrogen) atoms. The van der Waals surface area contributed by atoms with Gasteiger partial charge in [0.05, 0.1) is 6.04 Å². The molecule has 0 unspecified atom stereocenters. The van der Waals surface area contributed by atoms with E-state index < -0.39 is 0 Å². The highest BCUT2D eigenvalue weighted by Crippen LogP contribution is 2.25. The van der Waals surface area contributed by atoms with Gasteiger partial charge in [-0.15, -0.1) is 25.5 Å². The first kappa shape index (κ1) is 11.5. The van der Waals surface area contributed by atoms with Crippen molar-refractivity contribution in [3.8, 4) is 0 Å². The van der Waals surface area contributed by atoms with Crippen molar-refractivity contribution in [2.45, 2.75) is 6.04 Å². The molecule has 0 bridgehead atoms. The zero-order chi connectivity index (χ0) is 13.5. The predicted octanol–water partition coefficient (Wildman–Crippen LogP) is 0.301. The number of rotatable bonds is 3. The Morgan fingerprint density at radius 3 is 2.95 bits per heavy atom. The molecule has 0 aromatic carbocycles. The van der Waals surface area contributed by atoms with E-state index in [4.69, 9.17) is 0 Å². The SMILES string of the molecule is CN(c1nncs1)C1CN(c2ccc3nncn3n2)C1. The van der Waals surface area contributed by atoms with Crippen molar-refractivity contribution in [2.24, 2.45) is 0 Å². The summed E-state index contributed by atoms with van der Waals surface area (Å²) in [7, 11) is 2.05. The van der Waals surface area contributed by atoms with Crippen LogP contribution < -0.4 is 9.80 Å². The normalized spacial score (nSPS) is 15.6. The quantitative estimate of drug-likeness (QED) is 0.686. The maximum absolute atomic E-state index is 4.49. The second kappa shape index (κ2) is 4.37. The number of hydrogen-bond acceptors (Lipinski definition) is 8. The molecule has 0 N–H and O–H groups in total. The average molecular weight is 288 g/mol. The first-order valence-corrected chi connectivity index (χ1v) is 7.10. The van der Waals surface area contributed by atoms with Crippen LogP contribution in [0.2, 0.25) is 0 Å². The number of anilines is 2. The Labute approximate surface area is 118 Å². The molecule has 0 radical (unpaired) electrons. The molecule has 3 aromatic heterocycles. The van der Waals surface area contributed by atoms with Gasteiger partial charge >= 0.3 is 0 Å². The van der Waals surface area contributed by atoms with Gasteiger partial charge in [0, 0.05) is 20.1 Å². The highest BCUT2D eigenvalue weighted by atomic mass is 32.1. The fraction of sp³-hybridized carbons (Fsp3) is 0.364. The Morgan fingerprint density at radius 2 is 2.15 bits per heavy atom. The van der Waals surface area contributed by atoms with Gasteiger partial charge in [-0.25, -0.2) is 0 Å². The maximum Gasteiger partial charge on any atom is 0.208 e. The Hall–Kier alpha value is -2.29. The third-order valence-electron chi connectivity index (χ3n) is 3.53. The van der Waals surface area contributed by atoms with E-state index >= 15 is 0 Å². The number of likely N-dealkylation sites (N-methyl/N-ethyl adjacent to an activating group) is 1. The van der Waals surface area contributed by atoms with Crippen molar-refractivity contribution >= 4 is 27.9 Å². The summed E-state index contributed by atoms with van der Waals surface area (Å²) in [6, 6.07) is 4.35. The summed E-state index contributed by atoms with van der Waals surface area (Å²) in [4.78, 5) is 4.40. The Kier molecular flexibility index (Phi) is 2.52. The highest BCUT2D eigenvalue weighted by molar-refractivity contribution is 7.13. The van der Waals surface area contributed by atoms with E-state index in [1.165, 1.54) is 0 Å². The molecular formula is C11H12N8S. The third kappa shape index (κ3) is 1.78. The van der Waals surface area contributed by atoms with Gasteiger partial charge < -0.3 is 9.80 Å². The van der Waals surface area contributed by atoms with Crippen LogP contribution >= 0.6 is 11.3 Å². The number of hydrogen-bond donors (Lipinski definition) is 0. The summed E-state index contributed by atoms with van der Waals surface area (Å²) in [6.07, 6.45) is 1.61. The maximum atomic E-state index is 4.49. The molecule has 0 amide bonds. The minimum atomic E-state index is 0.446. The molecule has 0 spiro atoms. The number of nitrogens with zero attached hydrogens (tertiary/aromatic N) is 8. The van der Waals surface area contributed by atoms with Gasteiger partial charge in [-0.2, -0.15) is 4.52 Å². The number of aromatic nitrogens is 6. The van der Waals surface area contributed by atoms with E-state index in [2.05, 4.69) is 42.3 Å². The summed E-state index contributed by atoms with van der Waals surface area (Å²) >= 11 is 1.56. The molecule has 0 saturated carbocycles. The van der Waals surface area contributed by atoms with Crippen LogP contribution in [-0.4, -0.2) is 56.2 Å². The van der Waals surface area contributed by atoms with E-state index in [9.17, 15) is 0 Å². The van der Waals surface area contributed by atoms with Gasteiger partial charge in [0.25, 0.3) is 0 Å². The topological polar surface area (TPSA) is 75.3 Å². The minimum absolute atomic E-state index is 0.446. The molecule has 3 aromatic rings. The zero-order valence-electron chi connectivity index (χ0n) is 10.8. The summed E-state index contributed by atoms with van der Waals surface area (Å²) < 4.78 is 1.69. The van der Waals surface area contributed by atoms with Crippen LogP contribution in [-0.2, 0) is 0 Å². The largest absolute Gasteiger partial charge is 0.351 e. The lowest BCUT2D eigenvalue weighted by Gasteiger charge is -2.44. The summed E-state index contributed by atoms with van der Waals surface area (Å²) in [5.41, 5.74) is 2.51.